The Kier molecular flexibility index (Phi) is 3.91. The summed E-state index contributed by atoms with van der Waals surface area (Å²) >= 11 is 0. The number of benzene rings is 1. The summed E-state index contributed by atoms with van der Waals surface area (Å²) in [5.41, 5.74) is 2.42. The Morgan fingerprint density at radius 2 is 2.05 bits per heavy atom. The van der Waals surface area contributed by atoms with Crippen LogP contribution in [0.1, 0.15) is 5.56 Å². The van der Waals surface area contributed by atoms with E-state index >= 15 is 0 Å². The van der Waals surface area contributed by atoms with Gasteiger partial charge in [0.05, 0.1) is 6.20 Å². The van der Waals surface area contributed by atoms with Crippen molar-refractivity contribution in [1.82, 2.24) is 15.2 Å². The quantitative estimate of drug-likeness (QED) is 0.906. The van der Waals surface area contributed by atoms with Crippen molar-refractivity contribution in [2.24, 2.45) is 0 Å². The second-order valence-electron chi connectivity index (χ2n) is 4.84. The Balaban J connectivity index is 1.70. The van der Waals surface area contributed by atoms with E-state index in [4.69, 9.17) is 4.42 Å². The molecule has 4 heteroatoms. The van der Waals surface area contributed by atoms with Crippen LogP contribution in [-0.2, 0) is 6.42 Å². The minimum absolute atomic E-state index is 0.718. The van der Waals surface area contributed by atoms with Gasteiger partial charge in [0, 0.05) is 38.3 Å². The third kappa shape index (κ3) is 3.03. The van der Waals surface area contributed by atoms with Gasteiger partial charge in [-0.2, -0.15) is 0 Å². The van der Waals surface area contributed by atoms with Crippen molar-refractivity contribution in [3.63, 3.8) is 0 Å². The molecule has 0 atom stereocenters. The third-order valence-electron chi connectivity index (χ3n) is 3.59. The lowest BCUT2D eigenvalue weighted by Gasteiger charge is -2.27. The molecule has 0 radical (unpaired) electrons. The van der Waals surface area contributed by atoms with Crippen LogP contribution in [0.25, 0.3) is 11.5 Å². The second-order valence-corrected chi connectivity index (χ2v) is 4.84. The standard InChI is InChI=1S/C15H19N3O/c1-2-4-14(15-17-8-12-19-15)13(3-1)5-9-18-10-6-16-7-11-18/h1-4,8,12,16H,5-7,9-11H2. The molecule has 1 N–H and O–H groups in total. The summed E-state index contributed by atoms with van der Waals surface area (Å²) in [5, 5.41) is 3.38. The average Bonchev–Trinajstić information content (AvgIpc) is 3.01. The summed E-state index contributed by atoms with van der Waals surface area (Å²) in [7, 11) is 0. The topological polar surface area (TPSA) is 41.3 Å². The fourth-order valence-electron chi connectivity index (χ4n) is 2.52. The fourth-order valence-corrected chi connectivity index (χ4v) is 2.52. The number of oxazole rings is 1. The lowest BCUT2D eigenvalue weighted by atomic mass is 10.0. The van der Waals surface area contributed by atoms with E-state index in [1.54, 1.807) is 12.5 Å². The number of aromatic nitrogens is 1. The largest absolute Gasteiger partial charge is 0.445 e. The summed E-state index contributed by atoms with van der Waals surface area (Å²) in [6.45, 7) is 5.57. The van der Waals surface area contributed by atoms with E-state index in [1.165, 1.54) is 5.56 Å². The van der Waals surface area contributed by atoms with Crippen LogP contribution in [0.2, 0.25) is 0 Å². The first-order chi connectivity index (χ1) is 9.43. The Bertz CT molecular complexity index is 504. The van der Waals surface area contributed by atoms with E-state index in [1.807, 2.05) is 6.07 Å². The zero-order chi connectivity index (χ0) is 12.9. The van der Waals surface area contributed by atoms with Gasteiger partial charge < -0.3 is 14.6 Å². The van der Waals surface area contributed by atoms with Gasteiger partial charge in [-0.1, -0.05) is 18.2 Å². The SMILES string of the molecule is c1ccc(-c2ncco2)c(CCN2CCNCC2)c1. The zero-order valence-electron chi connectivity index (χ0n) is 11.0. The van der Waals surface area contributed by atoms with E-state index in [9.17, 15) is 0 Å². The molecule has 1 fully saturated rings. The van der Waals surface area contributed by atoms with Gasteiger partial charge in [0.2, 0.25) is 5.89 Å². The smallest absolute Gasteiger partial charge is 0.226 e. The van der Waals surface area contributed by atoms with E-state index in [2.05, 4.69) is 33.4 Å². The molecule has 2 heterocycles. The van der Waals surface area contributed by atoms with Gasteiger partial charge in [-0.3, -0.25) is 0 Å². The number of rotatable bonds is 4. The summed E-state index contributed by atoms with van der Waals surface area (Å²) in [6, 6.07) is 8.37. The van der Waals surface area contributed by atoms with Crippen molar-refractivity contribution in [3.8, 4) is 11.5 Å². The zero-order valence-corrected chi connectivity index (χ0v) is 11.0. The average molecular weight is 257 g/mol. The van der Waals surface area contributed by atoms with Gasteiger partial charge in [0.1, 0.15) is 6.26 Å². The molecule has 1 saturated heterocycles. The molecule has 0 unspecified atom stereocenters. The molecule has 100 valence electrons. The minimum Gasteiger partial charge on any atom is -0.445 e. The van der Waals surface area contributed by atoms with Crippen molar-refractivity contribution in [2.75, 3.05) is 32.7 Å². The first-order valence-electron chi connectivity index (χ1n) is 6.84. The molecular formula is C15H19N3O. The number of piperazine rings is 1. The number of hydrogen-bond acceptors (Lipinski definition) is 4. The van der Waals surface area contributed by atoms with Crippen molar-refractivity contribution in [2.45, 2.75) is 6.42 Å². The molecule has 0 amide bonds. The molecule has 2 aromatic rings. The van der Waals surface area contributed by atoms with Crippen LogP contribution in [0.4, 0.5) is 0 Å². The van der Waals surface area contributed by atoms with Crippen molar-refractivity contribution in [1.29, 1.82) is 0 Å². The normalized spacial score (nSPS) is 16.6. The van der Waals surface area contributed by atoms with Gasteiger partial charge in [-0.05, 0) is 18.1 Å². The highest BCUT2D eigenvalue weighted by atomic mass is 16.3. The third-order valence-corrected chi connectivity index (χ3v) is 3.59. The molecule has 0 aliphatic carbocycles. The number of nitrogens with zero attached hydrogens (tertiary/aromatic N) is 2. The number of nitrogens with one attached hydrogen (secondary N) is 1. The van der Waals surface area contributed by atoms with Crippen LogP contribution in [-0.4, -0.2) is 42.6 Å². The summed E-state index contributed by atoms with van der Waals surface area (Å²) in [5.74, 6) is 0.718. The van der Waals surface area contributed by atoms with Crippen LogP contribution in [0.3, 0.4) is 0 Å². The van der Waals surface area contributed by atoms with E-state index in [0.29, 0.717) is 0 Å². The van der Waals surface area contributed by atoms with Gasteiger partial charge in [-0.15, -0.1) is 0 Å². The van der Waals surface area contributed by atoms with E-state index < -0.39 is 0 Å². The molecule has 1 aliphatic rings. The fraction of sp³-hybridized carbons (Fsp3) is 0.400. The maximum Gasteiger partial charge on any atom is 0.226 e. The molecular weight excluding hydrogens is 238 g/mol. The maximum absolute atomic E-state index is 5.42. The first-order valence-corrected chi connectivity index (χ1v) is 6.84. The van der Waals surface area contributed by atoms with E-state index in [-0.39, 0.29) is 0 Å². The molecule has 1 aliphatic heterocycles. The van der Waals surface area contributed by atoms with Crippen LogP contribution in [0.15, 0.2) is 41.1 Å². The molecule has 4 nitrogen and oxygen atoms in total. The molecule has 0 saturated carbocycles. The molecule has 3 rings (SSSR count). The second kappa shape index (κ2) is 5.99. The Hall–Kier alpha value is -1.65. The van der Waals surface area contributed by atoms with Gasteiger partial charge in [-0.25, -0.2) is 4.98 Å². The first kappa shape index (κ1) is 12.4. The Morgan fingerprint density at radius 1 is 1.21 bits per heavy atom. The molecule has 1 aromatic heterocycles. The minimum atomic E-state index is 0.718. The molecule has 0 bridgehead atoms. The van der Waals surface area contributed by atoms with Crippen LogP contribution in [0.5, 0.6) is 0 Å². The predicted molar refractivity (Wildman–Crippen MR) is 75.0 cm³/mol. The molecule has 1 aromatic carbocycles. The predicted octanol–water partition coefficient (Wildman–Crippen LogP) is 1.79. The monoisotopic (exact) mass is 257 g/mol. The summed E-state index contributed by atoms with van der Waals surface area (Å²) in [6.07, 6.45) is 4.36. The Labute approximate surface area is 113 Å². The highest BCUT2D eigenvalue weighted by Crippen LogP contribution is 2.22. The highest BCUT2D eigenvalue weighted by molar-refractivity contribution is 5.58. The van der Waals surface area contributed by atoms with Crippen LogP contribution in [0, 0.1) is 0 Å². The van der Waals surface area contributed by atoms with Gasteiger partial charge >= 0.3 is 0 Å². The lowest BCUT2D eigenvalue weighted by Crippen LogP contribution is -2.44. The number of hydrogen-bond donors (Lipinski definition) is 1. The van der Waals surface area contributed by atoms with Gasteiger partial charge in [0.25, 0.3) is 0 Å². The Morgan fingerprint density at radius 3 is 2.84 bits per heavy atom. The van der Waals surface area contributed by atoms with E-state index in [0.717, 1.165) is 50.6 Å². The highest BCUT2D eigenvalue weighted by Gasteiger charge is 2.12. The van der Waals surface area contributed by atoms with Gasteiger partial charge in [0.15, 0.2) is 0 Å². The van der Waals surface area contributed by atoms with Crippen molar-refractivity contribution >= 4 is 0 Å². The van der Waals surface area contributed by atoms with Crippen LogP contribution < -0.4 is 5.32 Å². The summed E-state index contributed by atoms with van der Waals surface area (Å²) < 4.78 is 5.42. The van der Waals surface area contributed by atoms with Crippen molar-refractivity contribution in [3.05, 3.63) is 42.3 Å². The summed E-state index contributed by atoms with van der Waals surface area (Å²) in [4.78, 5) is 6.75. The molecule has 0 spiro atoms. The maximum atomic E-state index is 5.42. The lowest BCUT2D eigenvalue weighted by molar-refractivity contribution is 0.244. The van der Waals surface area contributed by atoms with Crippen molar-refractivity contribution < 1.29 is 4.42 Å². The van der Waals surface area contributed by atoms with Crippen LogP contribution >= 0.6 is 0 Å². The molecule has 19 heavy (non-hydrogen) atoms.